The molecule has 0 saturated carbocycles. The second kappa shape index (κ2) is 4.11. The van der Waals surface area contributed by atoms with Crippen molar-refractivity contribution in [3.8, 4) is 0 Å². The van der Waals surface area contributed by atoms with Gasteiger partial charge in [-0.3, -0.25) is 0 Å². The van der Waals surface area contributed by atoms with Crippen LogP contribution in [-0.2, 0) is 6.54 Å². The molecule has 0 aliphatic heterocycles. The average molecular weight is 254 g/mol. The summed E-state index contributed by atoms with van der Waals surface area (Å²) < 4.78 is 35.9. The van der Waals surface area contributed by atoms with Crippen LogP contribution in [0.4, 0.5) is 13.2 Å². The van der Waals surface area contributed by atoms with Crippen molar-refractivity contribution in [2.24, 2.45) is 0 Å². The van der Waals surface area contributed by atoms with E-state index >= 15 is 0 Å². The molecule has 0 aromatic heterocycles. The maximum atomic E-state index is 11.7. The monoisotopic (exact) mass is 253 g/mol. The molecule has 72 valence electrons. The zero-order valence-corrected chi connectivity index (χ0v) is 8.11. The molecule has 0 aliphatic carbocycles. The molecule has 0 unspecified atom stereocenters. The molecule has 1 aromatic carbocycles. The number of hydrogen-bond acceptors (Lipinski definition) is 1. The Labute approximate surface area is 82.1 Å². The topological polar surface area (TPSA) is 12.0 Å². The number of hydrogen-bond donors (Lipinski definition) is 1. The summed E-state index contributed by atoms with van der Waals surface area (Å²) in [5.41, 5.74) is 0.590. The Morgan fingerprint density at radius 1 is 1.31 bits per heavy atom. The fraction of sp³-hybridized carbons (Fsp3) is 0.250. The number of alkyl halides is 3. The van der Waals surface area contributed by atoms with Gasteiger partial charge in [0.15, 0.2) is 0 Å². The average Bonchev–Trinajstić information content (AvgIpc) is 2.00. The van der Waals surface area contributed by atoms with Crippen molar-refractivity contribution in [1.29, 1.82) is 0 Å². The third kappa shape index (κ3) is 4.28. The Balaban J connectivity index is 2.55. The van der Waals surface area contributed by atoms with Gasteiger partial charge in [-0.05, 0) is 17.7 Å². The van der Waals surface area contributed by atoms with Crippen LogP contribution < -0.4 is 5.32 Å². The van der Waals surface area contributed by atoms with E-state index in [0.717, 1.165) is 4.47 Å². The molecule has 5 heteroatoms. The predicted octanol–water partition coefficient (Wildman–Crippen LogP) is 3.06. The van der Waals surface area contributed by atoms with E-state index in [-0.39, 0.29) is 6.54 Å². The maximum Gasteiger partial charge on any atom is 0.457 e. The Morgan fingerprint density at radius 2 is 2.00 bits per heavy atom. The van der Waals surface area contributed by atoms with E-state index in [4.69, 9.17) is 0 Å². The summed E-state index contributed by atoms with van der Waals surface area (Å²) in [6.07, 6.45) is -4.32. The summed E-state index contributed by atoms with van der Waals surface area (Å²) in [5, 5.41) is 1.44. The van der Waals surface area contributed by atoms with Crippen LogP contribution in [0, 0.1) is 0 Å². The lowest BCUT2D eigenvalue weighted by atomic mass is 10.2. The van der Waals surface area contributed by atoms with E-state index in [1.165, 1.54) is 5.32 Å². The standard InChI is InChI=1S/C8H7BrF3N/c9-7-3-1-2-6(4-7)5-13-8(10,11)12/h1-4,13H,5H2. The van der Waals surface area contributed by atoms with Crippen molar-refractivity contribution >= 4 is 15.9 Å². The minimum absolute atomic E-state index is 0.205. The Morgan fingerprint density at radius 3 is 2.54 bits per heavy atom. The Hall–Kier alpha value is -0.550. The second-order valence-electron chi connectivity index (χ2n) is 2.48. The van der Waals surface area contributed by atoms with Crippen molar-refractivity contribution < 1.29 is 13.2 Å². The predicted molar refractivity (Wildman–Crippen MR) is 47.0 cm³/mol. The zero-order valence-electron chi connectivity index (χ0n) is 6.53. The lowest BCUT2D eigenvalue weighted by Gasteiger charge is -2.08. The molecular formula is C8H7BrF3N. The SMILES string of the molecule is FC(F)(F)NCc1cccc(Br)c1. The van der Waals surface area contributed by atoms with Gasteiger partial charge in [0.25, 0.3) is 0 Å². The van der Waals surface area contributed by atoms with Crippen LogP contribution in [0.25, 0.3) is 0 Å². The van der Waals surface area contributed by atoms with Crippen molar-refractivity contribution in [3.05, 3.63) is 34.3 Å². The third-order valence-electron chi connectivity index (χ3n) is 1.38. The quantitative estimate of drug-likeness (QED) is 0.800. The minimum atomic E-state index is -4.32. The van der Waals surface area contributed by atoms with Crippen LogP contribution in [0.2, 0.25) is 0 Å². The molecule has 1 N–H and O–H groups in total. The lowest BCUT2D eigenvalue weighted by Crippen LogP contribution is -2.30. The van der Waals surface area contributed by atoms with Crippen LogP contribution in [-0.4, -0.2) is 6.30 Å². The summed E-state index contributed by atoms with van der Waals surface area (Å²) >= 11 is 3.17. The number of halogens is 4. The highest BCUT2D eigenvalue weighted by molar-refractivity contribution is 9.10. The molecule has 1 nitrogen and oxygen atoms in total. The lowest BCUT2D eigenvalue weighted by molar-refractivity contribution is -0.158. The van der Waals surface area contributed by atoms with Gasteiger partial charge in [-0.15, -0.1) is 0 Å². The molecular weight excluding hydrogens is 247 g/mol. The summed E-state index contributed by atoms with van der Waals surface area (Å²) in [4.78, 5) is 0. The number of nitrogens with one attached hydrogen (secondary N) is 1. The fourth-order valence-corrected chi connectivity index (χ4v) is 1.30. The molecule has 0 bridgehead atoms. The van der Waals surface area contributed by atoms with E-state index in [2.05, 4.69) is 15.9 Å². The van der Waals surface area contributed by atoms with Crippen molar-refractivity contribution in [1.82, 2.24) is 5.32 Å². The van der Waals surface area contributed by atoms with Gasteiger partial charge in [0.05, 0.1) is 0 Å². The fourth-order valence-electron chi connectivity index (χ4n) is 0.849. The largest absolute Gasteiger partial charge is 0.457 e. The first kappa shape index (κ1) is 10.5. The van der Waals surface area contributed by atoms with Crippen LogP contribution in [0.1, 0.15) is 5.56 Å². The molecule has 1 aromatic rings. The molecule has 0 amide bonds. The molecule has 0 heterocycles. The highest BCUT2D eigenvalue weighted by Crippen LogP contribution is 2.14. The van der Waals surface area contributed by atoms with Crippen LogP contribution in [0.3, 0.4) is 0 Å². The number of benzene rings is 1. The first-order valence-corrected chi connectivity index (χ1v) is 4.33. The Bertz CT molecular complexity index is 285. The normalized spacial score (nSPS) is 11.7. The minimum Gasteiger partial charge on any atom is -0.224 e. The van der Waals surface area contributed by atoms with Gasteiger partial charge in [-0.25, -0.2) is 5.32 Å². The summed E-state index contributed by atoms with van der Waals surface area (Å²) in [7, 11) is 0. The van der Waals surface area contributed by atoms with Crippen molar-refractivity contribution in [3.63, 3.8) is 0 Å². The molecule has 0 spiro atoms. The summed E-state index contributed by atoms with van der Waals surface area (Å²) in [6, 6.07) is 6.72. The summed E-state index contributed by atoms with van der Waals surface area (Å²) in [5.74, 6) is 0. The van der Waals surface area contributed by atoms with Gasteiger partial charge in [0.2, 0.25) is 0 Å². The van der Waals surface area contributed by atoms with Gasteiger partial charge >= 0.3 is 6.30 Å². The van der Waals surface area contributed by atoms with Crippen LogP contribution in [0.15, 0.2) is 28.7 Å². The van der Waals surface area contributed by atoms with E-state index in [1.807, 2.05) is 0 Å². The van der Waals surface area contributed by atoms with Crippen molar-refractivity contribution in [2.75, 3.05) is 0 Å². The van der Waals surface area contributed by atoms with Gasteiger partial charge in [-0.1, -0.05) is 28.1 Å². The molecule has 0 aliphatic rings. The van der Waals surface area contributed by atoms with E-state index < -0.39 is 6.30 Å². The van der Waals surface area contributed by atoms with Crippen LogP contribution >= 0.6 is 15.9 Å². The van der Waals surface area contributed by atoms with Crippen LogP contribution in [0.5, 0.6) is 0 Å². The number of rotatable bonds is 2. The molecule has 0 saturated heterocycles. The summed E-state index contributed by atoms with van der Waals surface area (Å²) in [6.45, 7) is -0.205. The maximum absolute atomic E-state index is 11.7. The first-order chi connectivity index (χ1) is 5.97. The van der Waals surface area contributed by atoms with Gasteiger partial charge in [-0.2, -0.15) is 13.2 Å². The van der Waals surface area contributed by atoms with Gasteiger partial charge in [0, 0.05) is 11.0 Å². The molecule has 0 atom stereocenters. The molecule has 0 radical (unpaired) electrons. The second-order valence-corrected chi connectivity index (χ2v) is 3.40. The first-order valence-electron chi connectivity index (χ1n) is 3.53. The molecule has 0 fully saturated rings. The highest BCUT2D eigenvalue weighted by atomic mass is 79.9. The van der Waals surface area contributed by atoms with E-state index in [1.54, 1.807) is 24.3 Å². The van der Waals surface area contributed by atoms with Gasteiger partial charge in [0.1, 0.15) is 0 Å². The smallest absolute Gasteiger partial charge is 0.224 e. The van der Waals surface area contributed by atoms with Gasteiger partial charge < -0.3 is 0 Å². The molecule has 13 heavy (non-hydrogen) atoms. The Kier molecular flexibility index (Phi) is 3.33. The molecule has 1 rings (SSSR count). The third-order valence-corrected chi connectivity index (χ3v) is 1.88. The van der Waals surface area contributed by atoms with Crippen molar-refractivity contribution in [2.45, 2.75) is 12.8 Å². The van der Waals surface area contributed by atoms with E-state index in [0.29, 0.717) is 5.56 Å². The highest BCUT2D eigenvalue weighted by Gasteiger charge is 2.25. The zero-order chi connectivity index (χ0) is 9.90. The van der Waals surface area contributed by atoms with E-state index in [9.17, 15) is 13.2 Å².